The molecule has 1 saturated heterocycles. The number of carbonyl (C=O) groups excluding carboxylic acids is 1. The van der Waals surface area contributed by atoms with E-state index in [0.717, 1.165) is 17.5 Å². The van der Waals surface area contributed by atoms with E-state index in [1.54, 1.807) is 0 Å². The first-order chi connectivity index (χ1) is 12.5. The maximum absolute atomic E-state index is 12.7. The topological polar surface area (TPSA) is 57.6 Å². The Morgan fingerprint density at radius 1 is 1.00 bits per heavy atom. The van der Waals surface area contributed by atoms with Crippen molar-refractivity contribution >= 4 is 11.9 Å². The lowest BCUT2D eigenvalue weighted by Gasteiger charge is -2.39. The van der Waals surface area contributed by atoms with Gasteiger partial charge in [0.15, 0.2) is 0 Å². The quantitative estimate of drug-likeness (QED) is 0.898. The fraction of sp³-hybridized carbons (Fsp3) is 0.364. The van der Waals surface area contributed by atoms with Crippen LogP contribution in [0.15, 0.2) is 54.6 Å². The molecule has 2 aromatic rings. The minimum Gasteiger partial charge on any atom is -0.481 e. The predicted octanol–water partition coefficient (Wildman–Crippen LogP) is 3.44. The van der Waals surface area contributed by atoms with Crippen molar-refractivity contribution < 1.29 is 14.7 Å². The molecule has 1 N–H and O–H groups in total. The van der Waals surface area contributed by atoms with E-state index in [4.69, 9.17) is 0 Å². The molecule has 136 valence electrons. The zero-order chi connectivity index (χ0) is 18.6. The Bertz CT molecular complexity index is 777. The molecular weight excluding hydrogens is 326 g/mol. The number of aryl methyl sites for hydroxylation is 1. The van der Waals surface area contributed by atoms with Gasteiger partial charge in [-0.25, -0.2) is 0 Å². The van der Waals surface area contributed by atoms with Crippen LogP contribution < -0.4 is 0 Å². The summed E-state index contributed by atoms with van der Waals surface area (Å²) in [5.41, 5.74) is 2.19. The standard InChI is InChI=1S/C22H25NO3/c1-2-17-7-6-8-18(15-17)16-20(24)23-13-11-22(12-14-23,21(25)26)19-9-4-3-5-10-19/h3-10,15H,2,11-14,16H2,1H3,(H,25,26). The number of hydrogen-bond acceptors (Lipinski definition) is 2. The van der Waals surface area contributed by atoms with Gasteiger partial charge in [-0.1, -0.05) is 61.5 Å². The largest absolute Gasteiger partial charge is 0.481 e. The Labute approximate surface area is 154 Å². The summed E-state index contributed by atoms with van der Waals surface area (Å²) in [5, 5.41) is 9.86. The number of nitrogens with zero attached hydrogens (tertiary/aromatic N) is 1. The molecule has 0 aromatic heterocycles. The molecule has 0 aliphatic carbocycles. The van der Waals surface area contributed by atoms with Gasteiger partial charge in [-0.15, -0.1) is 0 Å². The Balaban J connectivity index is 1.68. The molecule has 1 aliphatic rings. The molecule has 0 atom stereocenters. The zero-order valence-electron chi connectivity index (χ0n) is 15.1. The second-order valence-corrected chi connectivity index (χ2v) is 6.98. The van der Waals surface area contributed by atoms with Gasteiger partial charge in [0.25, 0.3) is 0 Å². The Hall–Kier alpha value is -2.62. The van der Waals surface area contributed by atoms with Gasteiger partial charge in [0.05, 0.1) is 11.8 Å². The third kappa shape index (κ3) is 3.64. The van der Waals surface area contributed by atoms with Crippen LogP contribution in [0.1, 0.15) is 36.5 Å². The van der Waals surface area contributed by atoms with E-state index in [0.29, 0.717) is 32.4 Å². The number of carboxylic acids is 1. The van der Waals surface area contributed by atoms with Crippen molar-refractivity contribution in [3.63, 3.8) is 0 Å². The Morgan fingerprint density at radius 3 is 2.27 bits per heavy atom. The van der Waals surface area contributed by atoms with E-state index in [2.05, 4.69) is 19.1 Å². The van der Waals surface area contributed by atoms with Gasteiger partial charge in [0.1, 0.15) is 0 Å². The lowest BCUT2D eigenvalue weighted by Crippen LogP contribution is -2.49. The van der Waals surface area contributed by atoms with Crippen LogP contribution in [0.2, 0.25) is 0 Å². The summed E-state index contributed by atoms with van der Waals surface area (Å²) in [7, 11) is 0. The molecule has 0 bridgehead atoms. The van der Waals surface area contributed by atoms with Gasteiger partial charge in [0.2, 0.25) is 5.91 Å². The summed E-state index contributed by atoms with van der Waals surface area (Å²) >= 11 is 0. The molecule has 2 aromatic carbocycles. The van der Waals surface area contributed by atoms with Crippen LogP contribution in [-0.2, 0) is 27.8 Å². The summed E-state index contributed by atoms with van der Waals surface area (Å²) in [6.45, 7) is 3.06. The molecule has 1 amide bonds. The molecule has 1 fully saturated rings. The summed E-state index contributed by atoms with van der Waals surface area (Å²) in [5.74, 6) is -0.725. The maximum atomic E-state index is 12.7. The number of amides is 1. The van der Waals surface area contributed by atoms with Crippen LogP contribution in [0, 0.1) is 0 Å². The normalized spacial score (nSPS) is 16.3. The first kappa shape index (κ1) is 18.2. The highest BCUT2D eigenvalue weighted by Gasteiger charge is 2.43. The van der Waals surface area contributed by atoms with Gasteiger partial charge in [-0.2, -0.15) is 0 Å². The van der Waals surface area contributed by atoms with Crippen molar-refractivity contribution in [3.05, 3.63) is 71.3 Å². The van der Waals surface area contributed by atoms with Crippen LogP contribution >= 0.6 is 0 Å². The Morgan fingerprint density at radius 2 is 1.65 bits per heavy atom. The van der Waals surface area contributed by atoms with Gasteiger partial charge < -0.3 is 10.0 Å². The molecule has 0 radical (unpaired) electrons. The fourth-order valence-corrected chi connectivity index (χ4v) is 3.77. The number of rotatable bonds is 5. The van der Waals surface area contributed by atoms with Crippen molar-refractivity contribution in [1.29, 1.82) is 0 Å². The third-order valence-electron chi connectivity index (χ3n) is 5.46. The monoisotopic (exact) mass is 351 g/mol. The van der Waals surface area contributed by atoms with Crippen molar-refractivity contribution in [1.82, 2.24) is 4.90 Å². The summed E-state index contributed by atoms with van der Waals surface area (Å²) in [6, 6.07) is 17.5. The number of carbonyl (C=O) groups is 2. The van der Waals surface area contributed by atoms with Crippen molar-refractivity contribution in [2.24, 2.45) is 0 Å². The molecule has 4 nitrogen and oxygen atoms in total. The number of hydrogen-bond donors (Lipinski definition) is 1. The summed E-state index contributed by atoms with van der Waals surface area (Å²) in [6.07, 6.45) is 2.23. The molecule has 1 aliphatic heterocycles. The smallest absolute Gasteiger partial charge is 0.314 e. The molecular formula is C22H25NO3. The number of likely N-dealkylation sites (tertiary alicyclic amines) is 1. The first-order valence-corrected chi connectivity index (χ1v) is 9.19. The highest BCUT2D eigenvalue weighted by molar-refractivity contribution is 5.83. The molecule has 26 heavy (non-hydrogen) atoms. The number of aliphatic carboxylic acids is 1. The van der Waals surface area contributed by atoms with E-state index in [-0.39, 0.29) is 5.91 Å². The van der Waals surface area contributed by atoms with Crippen molar-refractivity contribution in [2.75, 3.05) is 13.1 Å². The number of piperidine rings is 1. The zero-order valence-corrected chi connectivity index (χ0v) is 15.1. The molecule has 0 saturated carbocycles. The second-order valence-electron chi connectivity index (χ2n) is 6.98. The van der Waals surface area contributed by atoms with Gasteiger partial charge in [0, 0.05) is 13.1 Å². The SMILES string of the molecule is CCc1cccc(CC(=O)N2CCC(C(=O)O)(c3ccccc3)CC2)c1. The van der Waals surface area contributed by atoms with Gasteiger partial charge in [-0.05, 0) is 36.0 Å². The molecule has 0 unspecified atom stereocenters. The van der Waals surface area contributed by atoms with Crippen LogP contribution in [0.4, 0.5) is 0 Å². The van der Waals surface area contributed by atoms with Crippen molar-refractivity contribution in [2.45, 2.75) is 38.0 Å². The minimum absolute atomic E-state index is 0.0744. The number of benzene rings is 2. The van der Waals surface area contributed by atoms with E-state index < -0.39 is 11.4 Å². The van der Waals surface area contributed by atoms with E-state index >= 15 is 0 Å². The average molecular weight is 351 g/mol. The molecule has 4 heteroatoms. The fourth-order valence-electron chi connectivity index (χ4n) is 3.77. The third-order valence-corrected chi connectivity index (χ3v) is 5.46. The van der Waals surface area contributed by atoms with E-state index in [1.165, 1.54) is 5.56 Å². The summed E-state index contributed by atoms with van der Waals surface area (Å²) in [4.78, 5) is 26.5. The highest BCUT2D eigenvalue weighted by Crippen LogP contribution is 2.36. The molecule has 3 rings (SSSR count). The lowest BCUT2D eigenvalue weighted by atomic mass is 9.73. The van der Waals surface area contributed by atoms with E-state index in [1.807, 2.05) is 47.4 Å². The van der Waals surface area contributed by atoms with Crippen LogP contribution in [0.3, 0.4) is 0 Å². The molecule has 0 spiro atoms. The Kier molecular flexibility index (Phi) is 5.40. The second kappa shape index (κ2) is 7.73. The summed E-state index contributed by atoms with van der Waals surface area (Å²) < 4.78 is 0. The highest BCUT2D eigenvalue weighted by atomic mass is 16.4. The van der Waals surface area contributed by atoms with Crippen molar-refractivity contribution in [3.8, 4) is 0 Å². The van der Waals surface area contributed by atoms with Gasteiger partial charge >= 0.3 is 5.97 Å². The van der Waals surface area contributed by atoms with Crippen LogP contribution in [-0.4, -0.2) is 35.0 Å². The first-order valence-electron chi connectivity index (χ1n) is 9.19. The minimum atomic E-state index is -0.889. The molecule has 1 heterocycles. The van der Waals surface area contributed by atoms with Crippen LogP contribution in [0.5, 0.6) is 0 Å². The predicted molar refractivity (Wildman–Crippen MR) is 101 cm³/mol. The van der Waals surface area contributed by atoms with E-state index in [9.17, 15) is 14.7 Å². The van der Waals surface area contributed by atoms with Crippen LogP contribution in [0.25, 0.3) is 0 Å². The van der Waals surface area contributed by atoms with Gasteiger partial charge in [-0.3, -0.25) is 9.59 Å². The lowest BCUT2D eigenvalue weighted by molar-refractivity contribution is -0.148. The average Bonchev–Trinajstić information content (AvgIpc) is 2.68. The number of carboxylic acid groups (broad SMARTS) is 1. The maximum Gasteiger partial charge on any atom is 0.314 e.